The van der Waals surface area contributed by atoms with Gasteiger partial charge in [-0.3, -0.25) is 0 Å². The third kappa shape index (κ3) is 5.47. The predicted octanol–water partition coefficient (Wildman–Crippen LogP) is 2.90. The monoisotopic (exact) mass is 165 g/mol. The maximum absolute atomic E-state index is 4.98. The predicted molar refractivity (Wildman–Crippen MR) is 52.9 cm³/mol. The van der Waals surface area contributed by atoms with E-state index in [2.05, 4.69) is 18.3 Å². The van der Waals surface area contributed by atoms with Crippen molar-refractivity contribution in [1.82, 2.24) is 0 Å². The number of rotatable bonds is 5. The molecule has 0 aromatic carbocycles. The van der Waals surface area contributed by atoms with Crippen LogP contribution in [0.3, 0.4) is 0 Å². The zero-order chi connectivity index (χ0) is 9.40. The fourth-order valence-corrected chi connectivity index (χ4v) is 0.465. The zero-order valence-electron chi connectivity index (χ0n) is 7.66. The topological polar surface area (TPSA) is 21.6 Å². The highest BCUT2D eigenvalue weighted by molar-refractivity contribution is 5.58. The molecule has 0 aliphatic carbocycles. The first-order valence-electron chi connectivity index (χ1n) is 3.86. The minimum absolute atomic E-state index is 0.389. The van der Waals surface area contributed by atoms with Gasteiger partial charge >= 0.3 is 0 Å². The highest BCUT2D eigenvalue weighted by atomic mass is 16.6. The number of nitrogens with zero attached hydrogens (tertiary/aromatic N) is 1. The molecule has 66 valence electrons. The average Bonchev–Trinajstić information content (AvgIpc) is 2.02. The summed E-state index contributed by atoms with van der Waals surface area (Å²) in [6.07, 6.45) is 6.63. The van der Waals surface area contributed by atoms with Crippen LogP contribution in [0.15, 0.2) is 42.3 Å². The normalized spacial score (nSPS) is 12.1. The first kappa shape index (κ1) is 10.7. The van der Waals surface area contributed by atoms with Crippen LogP contribution in [0.1, 0.15) is 13.8 Å². The summed E-state index contributed by atoms with van der Waals surface area (Å²) < 4.78 is 0. The summed E-state index contributed by atoms with van der Waals surface area (Å²) in [6.45, 7) is 11.1. The lowest BCUT2D eigenvalue weighted by molar-refractivity contribution is 0.241. The first-order chi connectivity index (χ1) is 5.70. The van der Waals surface area contributed by atoms with E-state index < -0.39 is 0 Å². The lowest BCUT2D eigenvalue weighted by Gasteiger charge is -1.97. The third-order valence-corrected chi connectivity index (χ3v) is 1.00. The van der Waals surface area contributed by atoms with E-state index in [1.165, 1.54) is 0 Å². The van der Waals surface area contributed by atoms with Crippen molar-refractivity contribution in [3.63, 3.8) is 0 Å². The van der Waals surface area contributed by atoms with Crippen LogP contribution in [0.2, 0.25) is 0 Å². The largest absolute Gasteiger partial charge is 0.357 e. The van der Waals surface area contributed by atoms with E-state index in [9.17, 15) is 0 Å². The maximum Gasteiger partial charge on any atom is 0.157 e. The van der Waals surface area contributed by atoms with Crippen molar-refractivity contribution in [3.05, 3.63) is 37.1 Å². The molecular weight excluding hydrogens is 150 g/mol. The number of hydrogen-bond donors (Lipinski definition) is 0. The van der Waals surface area contributed by atoms with Gasteiger partial charge in [0.15, 0.2) is 5.76 Å². The highest BCUT2D eigenvalue weighted by Gasteiger charge is 1.88. The van der Waals surface area contributed by atoms with Crippen molar-refractivity contribution in [2.45, 2.75) is 13.8 Å². The van der Waals surface area contributed by atoms with Crippen LogP contribution in [0, 0.1) is 5.92 Å². The van der Waals surface area contributed by atoms with Gasteiger partial charge in [-0.1, -0.05) is 38.2 Å². The lowest BCUT2D eigenvalue weighted by atomic mass is 10.3. The van der Waals surface area contributed by atoms with Gasteiger partial charge in [-0.2, -0.15) is 0 Å². The zero-order valence-corrected chi connectivity index (χ0v) is 7.66. The lowest BCUT2D eigenvalue weighted by Crippen LogP contribution is -1.88. The molecule has 0 spiro atoms. The van der Waals surface area contributed by atoms with Gasteiger partial charge in [-0.15, -0.1) is 0 Å². The number of hydrogen-bond acceptors (Lipinski definition) is 2. The molecule has 2 nitrogen and oxygen atoms in total. The SMILES string of the molecule is C=C/C=C(\C=C)O/N=C/C(C)C. The van der Waals surface area contributed by atoms with Crippen LogP contribution < -0.4 is 0 Å². The van der Waals surface area contributed by atoms with E-state index in [-0.39, 0.29) is 0 Å². The van der Waals surface area contributed by atoms with Crippen molar-refractivity contribution >= 4 is 6.21 Å². The van der Waals surface area contributed by atoms with Gasteiger partial charge in [0.05, 0.1) is 0 Å². The fourth-order valence-electron chi connectivity index (χ4n) is 0.465. The molecule has 0 aromatic heterocycles. The Morgan fingerprint density at radius 3 is 2.50 bits per heavy atom. The van der Waals surface area contributed by atoms with Gasteiger partial charge in [0.2, 0.25) is 0 Å². The van der Waals surface area contributed by atoms with Crippen LogP contribution >= 0.6 is 0 Å². The molecule has 0 heterocycles. The second-order valence-electron chi connectivity index (χ2n) is 2.60. The second-order valence-corrected chi connectivity index (χ2v) is 2.60. The Morgan fingerprint density at radius 2 is 2.08 bits per heavy atom. The van der Waals surface area contributed by atoms with Crippen molar-refractivity contribution in [2.75, 3.05) is 0 Å². The maximum atomic E-state index is 4.98. The smallest absolute Gasteiger partial charge is 0.157 e. The molecule has 0 rings (SSSR count). The minimum atomic E-state index is 0.389. The van der Waals surface area contributed by atoms with Crippen LogP contribution in [0.25, 0.3) is 0 Å². The number of oxime groups is 1. The van der Waals surface area contributed by atoms with Gasteiger partial charge in [-0.05, 0) is 18.1 Å². The van der Waals surface area contributed by atoms with Gasteiger partial charge in [0, 0.05) is 6.21 Å². The summed E-state index contributed by atoms with van der Waals surface area (Å²) in [7, 11) is 0. The van der Waals surface area contributed by atoms with E-state index in [0.717, 1.165) is 0 Å². The van der Waals surface area contributed by atoms with Crippen LogP contribution in [-0.4, -0.2) is 6.21 Å². The molecule has 2 heteroatoms. The van der Waals surface area contributed by atoms with Gasteiger partial charge in [0.1, 0.15) is 0 Å². The molecule has 0 amide bonds. The van der Waals surface area contributed by atoms with Crippen molar-refractivity contribution in [1.29, 1.82) is 0 Å². The average molecular weight is 165 g/mol. The molecule has 0 bridgehead atoms. The number of allylic oxidation sites excluding steroid dienone is 3. The molecule has 0 aliphatic heterocycles. The first-order valence-corrected chi connectivity index (χ1v) is 3.86. The summed E-state index contributed by atoms with van der Waals surface area (Å²) in [5.74, 6) is 0.988. The van der Waals surface area contributed by atoms with E-state index in [1.807, 2.05) is 13.8 Å². The molecule has 0 atom stereocenters. The Bertz CT molecular complexity index is 202. The minimum Gasteiger partial charge on any atom is -0.357 e. The fraction of sp³-hybridized carbons (Fsp3) is 0.300. The van der Waals surface area contributed by atoms with E-state index in [4.69, 9.17) is 4.84 Å². The van der Waals surface area contributed by atoms with Gasteiger partial charge in [-0.25, -0.2) is 0 Å². The van der Waals surface area contributed by atoms with Crippen LogP contribution in [-0.2, 0) is 4.84 Å². The Balaban J connectivity index is 3.96. The van der Waals surface area contributed by atoms with Crippen molar-refractivity contribution < 1.29 is 4.84 Å². The Labute approximate surface area is 73.9 Å². The second kappa shape index (κ2) is 6.40. The van der Waals surface area contributed by atoms with E-state index >= 15 is 0 Å². The quantitative estimate of drug-likeness (QED) is 0.265. The molecule has 12 heavy (non-hydrogen) atoms. The summed E-state index contributed by atoms with van der Waals surface area (Å²) in [5, 5.41) is 3.75. The van der Waals surface area contributed by atoms with Crippen molar-refractivity contribution in [3.8, 4) is 0 Å². The molecule has 0 unspecified atom stereocenters. The molecule has 0 fully saturated rings. The van der Waals surface area contributed by atoms with Crippen molar-refractivity contribution in [2.24, 2.45) is 11.1 Å². The molecule has 0 aromatic rings. The molecule has 0 N–H and O–H groups in total. The molecular formula is C10H15NO. The van der Waals surface area contributed by atoms with E-state index in [0.29, 0.717) is 11.7 Å². The van der Waals surface area contributed by atoms with Crippen LogP contribution in [0.5, 0.6) is 0 Å². The Morgan fingerprint density at radius 1 is 1.42 bits per heavy atom. The summed E-state index contributed by atoms with van der Waals surface area (Å²) in [5.41, 5.74) is 0. The highest BCUT2D eigenvalue weighted by Crippen LogP contribution is 1.99. The van der Waals surface area contributed by atoms with Gasteiger partial charge < -0.3 is 4.84 Å². The Hall–Kier alpha value is -1.31. The molecule has 0 saturated carbocycles. The summed E-state index contributed by atoms with van der Waals surface area (Å²) in [4.78, 5) is 4.98. The summed E-state index contributed by atoms with van der Waals surface area (Å²) >= 11 is 0. The molecule has 0 saturated heterocycles. The van der Waals surface area contributed by atoms with Crippen LogP contribution in [0.4, 0.5) is 0 Å². The molecule has 0 radical (unpaired) electrons. The summed E-state index contributed by atoms with van der Waals surface area (Å²) in [6, 6.07) is 0. The standard InChI is InChI=1S/C10H15NO/c1-5-7-10(6-2)12-11-8-9(3)4/h5-9H,1-2H2,3-4H3/b10-7+,11-8+. The Kier molecular flexibility index (Phi) is 5.70. The van der Waals surface area contributed by atoms with Gasteiger partial charge in [0.25, 0.3) is 0 Å². The molecule has 0 aliphatic rings. The van der Waals surface area contributed by atoms with E-state index in [1.54, 1.807) is 24.4 Å². The third-order valence-electron chi connectivity index (χ3n) is 1.00.